The second-order valence-electron chi connectivity index (χ2n) is 6.29. The Bertz CT molecular complexity index is 584. The lowest BCUT2D eigenvalue weighted by atomic mass is 9.96. The number of hydrogen-bond donors (Lipinski definition) is 2. The molecule has 0 saturated carbocycles. The summed E-state index contributed by atoms with van der Waals surface area (Å²) in [5.41, 5.74) is 3.90. The van der Waals surface area contributed by atoms with Crippen molar-refractivity contribution in [1.82, 2.24) is 0 Å². The number of benzene rings is 2. The van der Waals surface area contributed by atoms with Crippen LogP contribution in [0.5, 0.6) is 11.5 Å². The van der Waals surface area contributed by atoms with Gasteiger partial charge >= 0.3 is 0 Å². The van der Waals surface area contributed by atoms with Crippen molar-refractivity contribution in [3.63, 3.8) is 0 Å². The number of phenols is 2. The largest absolute Gasteiger partial charge is 0.508 e. The Balaban J connectivity index is 1.87. The molecule has 0 fully saturated rings. The van der Waals surface area contributed by atoms with Crippen molar-refractivity contribution < 1.29 is 10.2 Å². The SMILES string of the molecule is CCCCCCc1ccccc1CCCc1cc(O)cc(O)c1. The van der Waals surface area contributed by atoms with E-state index in [1.165, 1.54) is 49.3 Å². The van der Waals surface area contributed by atoms with Gasteiger partial charge in [-0.1, -0.05) is 50.5 Å². The Morgan fingerprint density at radius 1 is 0.696 bits per heavy atom. The number of aromatic hydroxyl groups is 2. The van der Waals surface area contributed by atoms with E-state index in [0.717, 1.165) is 24.8 Å². The summed E-state index contributed by atoms with van der Waals surface area (Å²) >= 11 is 0. The maximum Gasteiger partial charge on any atom is 0.119 e. The molecule has 0 aliphatic carbocycles. The smallest absolute Gasteiger partial charge is 0.119 e. The second-order valence-corrected chi connectivity index (χ2v) is 6.29. The fraction of sp³-hybridized carbons (Fsp3) is 0.429. The number of unbranched alkanes of at least 4 members (excludes halogenated alkanes) is 3. The molecular weight excluding hydrogens is 284 g/mol. The lowest BCUT2D eigenvalue weighted by Crippen LogP contribution is -1.96. The Morgan fingerprint density at radius 3 is 1.91 bits per heavy atom. The quantitative estimate of drug-likeness (QED) is 0.609. The van der Waals surface area contributed by atoms with E-state index in [-0.39, 0.29) is 11.5 Å². The molecule has 2 aromatic carbocycles. The number of aryl methyl sites for hydroxylation is 3. The first-order chi connectivity index (χ1) is 11.2. The van der Waals surface area contributed by atoms with Crippen LogP contribution in [0.2, 0.25) is 0 Å². The van der Waals surface area contributed by atoms with Crippen molar-refractivity contribution >= 4 is 0 Å². The summed E-state index contributed by atoms with van der Waals surface area (Å²) in [6.45, 7) is 2.24. The second kappa shape index (κ2) is 9.24. The van der Waals surface area contributed by atoms with Crippen LogP contribution in [0.1, 0.15) is 55.7 Å². The lowest BCUT2D eigenvalue weighted by molar-refractivity contribution is 0.449. The number of hydrogen-bond acceptors (Lipinski definition) is 2. The van der Waals surface area contributed by atoms with E-state index in [1.807, 2.05) is 0 Å². The number of rotatable bonds is 9. The highest BCUT2D eigenvalue weighted by Crippen LogP contribution is 2.22. The van der Waals surface area contributed by atoms with Crippen LogP contribution < -0.4 is 0 Å². The minimum absolute atomic E-state index is 0.135. The molecule has 2 N–H and O–H groups in total. The molecule has 0 aromatic heterocycles. The molecule has 0 amide bonds. The van der Waals surface area contributed by atoms with Gasteiger partial charge in [-0.05, 0) is 60.9 Å². The summed E-state index contributed by atoms with van der Waals surface area (Å²) in [4.78, 5) is 0. The molecule has 0 radical (unpaired) electrons. The highest BCUT2D eigenvalue weighted by molar-refractivity contribution is 5.36. The molecule has 0 aliphatic heterocycles. The predicted octanol–water partition coefficient (Wildman–Crippen LogP) is 5.40. The van der Waals surface area contributed by atoms with Gasteiger partial charge in [-0.3, -0.25) is 0 Å². The third-order valence-corrected chi connectivity index (χ3v) is 4.29. The topological polar surface area (TPSA) is 40.5 Å². The Hall–Kier alpha value is -1.96. The molecule has 0 heterocycles. The zero-order chi connectivity index (χ0) is 16.5. The molecule has 124 valence electrons. The zero-order valence-electron chi connectivity index (χ0n) is 14.1. The van der Waals surface area contributed by atoms with Crippen LogP contribution in [-0.2, 0) is 19.3 Å². The van der Waals surface area contributed by atoms with E-state index in [4.69, 9.17) is 0 Å². The Kier molecular flexibility index (Phi) is 6.99. The Morgan fingerprint density at radius 2 is 1.30 bits per heavy atom. The van der Waals surface area contributed by atoms with Crippen LogP contribution in [-0.4, -0.2) is 10.2 Å². The highest BCUT2D eigenvalue weighted by Gasteiger charge is 2.04. The summed E-state index contributed by atoms with van der Waals surface area (Å²) in [6, 6.07) is 13.6. The van der Waals surface area contributed by atoms with Gasteiger partial charge in [-0.25, -0.2) is 0 Å². The fourth-order valence-electron chi connectivity index (χ4n) is 3.07. The van der Waals surface area contributed by atoms with Crippen molar-refractivity contribution in [3.05, 3.63) is 59.2 Å². The number of phenolic OH excluding ortho intramolecular Hbond substituents is 2. The van der Waals surface area contributed by atoms with Crippen molar-refractivity contribution in [1.29, 1.82) is 0 Å². The first-order valence-corrected chi connectivity index (χ1v) is 8.77. The summed E-state index contributed by atoms with van der Waals surface area (Å²) in [5.74, 6) is 0.271. The maximum atomic E-state index is 9.54. The van der Waals surface area contributed by atoms with Crippen LogP contribution in [0.15, 0.2) is 42.5 Å². The molecule has 0 unspecified atom stereocenters. The average molecular weight is 312 g/mol. The van der Waals surface area contributed by atoms with Gasteiger partial charge in [0.25, 0.3) is 0 Å². The van der Waals surface area contributed by atoms with Crippen molar-refractivity contribution in [3.8, 4) is 11.5 Å². The van der Waals surface area contributed by atoms with Crippen LogP contribution in [0, 0.1) is 0 Å². The molecular formula is C21H28O2. The summed E-state index contributed by atoms with van der Waals surface area (Å²) in [7, 11) is 0. The van der Waals surface area contributed by atoms with E-state index >= 15 is 0 Å². The van der Waals surface area contributed by atoms with E-state index in [1.54, 1.807) is 12.1 Å². The summed E-state index contributed by atoms with van der Waals surface area (Å²) < 4.78 is 0. The van der Waals surface area contributed by atoms with Gasteiger partial charge in [0.2, 0.25) is 0 Å². The van der Waals surface area contributed by atoms with Gasteiger partial charge in [0, 0.05) is 6.07 Å². The van der Waals surface area contributed by atoms with Gasteiger partial charge < -0.3 is 10.2 Å². The van der Waals surface area contributed by atoms with Crippen LogP contribution in [0.25, 0.3) is 0 Å². The van der Waals surface area contributed by atoms with Crippen LogP contribution >= 0.6 is 0 Å². The fourth-order valence-corrected chi connectivity index (χ4v) is 3.07. The molecule has 2 nitrogen and oxygen atoms in total. The van der Waals surface area contributed by atoms with Gasteiger partial charge in [-0.2, -0.15) is 0 Å². The Labute approximate surface area is 139 Å². The minimum Gasteiger partial charge on any atom is -0.508 e. The predicted molar refractivity (Wildman–Crippen MR) is 96.1 cm³/mol. The minimum atomic E-state index is 0.135. The third kappa shape index (κ3) is 5.97. The molecule has 0 aliphatic rings. The molecule has 0 atom stereocenters. The highest BCUT2D eigenvalue weighted by atomic mass is 16.3. The third-order valence-electron chi connectivity index (χ3n) is 4.29. The summed E-state index contributed by atoms with van der Waals surface area (Å²) in [6.07, 6.45) is 9.28. The molecule has 0 spiro atoms. The molecule has 23 heavy (non-hydrogen) atoms. The van der Waals surface area contributed by atoms with Crippen molar-refractivity contribution in [2.75, 3.05) is 0 Å². The van der Waals surface area contributed by atoms with Gasteiger partial charge in [-0.15, -0.1) is 0 Å². The van der Waals surface area contributed by atoms with Crippen LogP contribution in [0.3, 0.4) is 0 Å². The van der Waals surface area contributed by atoms with Gasteiger partial charge in [0.1, 0.15) is 11.5 Å². The first-order valence-electron chi connectivity index (χ1n) is 8.77. The van der Waals surface area contributed by atoms with E-state index in [9.17, 15) is 10.2 Å². The average Bonchev–Trinajstić information content (AvgIpc) is 2.52. The normalized spacial score (nSPS) is 10.8. The standard InChI is InChI=1S/C21H28O2/c1-2-3-4-5-10-18-11-6-7-12-19(18)13-8-9-17-14-20(22)16-21(23)15-17/h6-7,11-12,14-16,22-23H,2-5,8-10,13H2,1H3. The zero-order valence-corrected chi connectivity index (χ0v) is 14.1. The molecule has 2 aromatic rings. The molecule has 0 bridgehead atoms. The van der Waals surface area contributed by atoms with Crippen LogP contribution in [0.4, 0.5) is 0 Å². The van der Waals surface area contributed by atoms with Gasteiger partial charge in [0.15, 0.2) is 0 Å². The molecule has 2 heteroatoms. The van der Waals surface area contributed by atoms with Crippen molar-refractivity contribution in [2.45, 2.75) is 58.3 Å². The van der Waals surface area contributed by atoms with E-state index in [0.29, 0.717) is 0 Å². The van der Waals surface area contributed by atoms with E-state index < -0.39 is 0 Å². The maximum absolute atomic E-state index is 9.54. The summed E-state index contributed by atoms with van der Waals surface area (Å²) in [5, 5.41) is 19.1. The molecule has 0 saturated heterocycles. The monoisotopic (exact) mass is 312 g/mol. The van der Waals surface area contributed by atoms with Gasteiger partial charge in [0.05, 0.1) is 0 Å². The first kappa shape index (κ1) is 17.4. The van der Waals surface area contributed by atoms with Crippen molar-refractivity contribution in [2.24, 2.45) is 0 Å². The lowest BCUT2D eigenvalue weighted by Gasteiger charge is -2.10. The molecule has 2 rings (SSSR count). The van der Waals surface area contributed by atoms with E-state index in [2.05, 4.69) is 31.2 Å².